The van der Waals surface area contributed by atoms with E-state index in [0.29, 0.717) is 20.7 Å². The fourth-order valence-electron chi connectivity index (χ4n) is 2.83. The molecule has 1 aromatic heterocycles. The Morgan fingerprint density at radius 1 is 1.40 bits per heavy atom. The number of rotatable bonds is 4. The fraction of sp³-hybridized carbons (Fsp3) is 0.100. The maximum Gasteiger partial charge on any atom is 0.353 e. The van der Waals surface area contributed by atoms with E-state index in [1.54, 1.807) is 42.6 Å². The van der Waals surface area contributed by atoms with Crippen LogP contribution in [-0.2, 0) is 9.63 Å². The van der Waals surface area contributed by atoms with E-state index in [1.807, 2.05) is 0 Å². The van der Waals surface area contributed by atoms with Crippen LogP contribution in [-0.4, -0.2) is 35.7 Å². The van der Waals surface area contributed by atoms with E-state index in [4.69, 9.17) is 19.7 Å². The summed E-state index contributed by atoms with van der Waals surface area (Å²) in [5.41, 5.74) is 0.601. The third kappa shape index (κ3) is 3.66. The smallest absolute Gasteiger partial charge is 0.353 e. The molecule has 0 radical (unpaired) electrons. The number of amidine groups is 2. The van der Waals surface area contributed by atoms with Crippen molar-refractivity contribution in [2.45, 2.75) is 6.92 Å². The van der Waals surface area contributed by atoms with E-state index >= 15 is 0 Å². The summed E-state index contributed by atoms with van der Waals surface area (Å²) in [6.45, 7) is 1.71. The number of nitrogens with one attached hydrogen (secondary N) is 1. The summed E-state index contributed by atoms with van der Waals surface area (Å²) in [5, 5.41) is 11.3. The van der Waals surface area contributed by atoms with Crippen molar-refractivity contribution in [3.63, 3.8) is 0 Å². The molecule has 8 nitrogen and oxygen atoms in total. The highest BCUT2D eigenvalue weighted by molar-refractivity contribution is 9.10. The standard InChI is InChI=1S/C20H14BrN3O5S/c1-10-6-16-23-19(25)12(18(22)24(16)29-10)7-11-8-13(21)17(14(9-11)27-2)28-20(26)15-4-3-5-30-15/h3-9,22H,1-2H3/b12-7+,22-18?. The van der Waals surface area contributed by atoms with E-state index in [1.165, 1.54) is 29.6 Å². The van der Waals surface area contributed by atoms with E-state index in [2.05, 4.69) is 20.9 Å². The zero-order valence-electron chi connectivity index (χ0n) is 15.8. The van der Waals surface area contributed by atoms with E-state index < -0.39 is 11.9 Å². The van der Waals surface area contributed by atoms with Gasteiger partial charge >= 0.3 is 5.97 Å². The lowest BCUT2D eigenvalue weighted by atomic mass is 10.1. The molecule has 30 heavy (non-hydrogen) atoms. The predicted octanol–water partition coefficient (Wildman–Crippen LogP) is 4.19. The second kappa shape index (κ2) is 7.88. The van der Waals surface area contributed by atoms with Gasteiger partial charge in [-0.3, -0.25) is 10.2 Å². The molecule has 0 saturated carbocycles. The lowest BCUT2D eigenvalue weighted by Crippen LogP contribution is -2.38. The van der Waals surface area contributed by atoms with Crippen LogP contribution in [0.5, 0.6) is 11.5 Å². The highest BCUT2D eigenvalue weighted by Crippen LogP contribution is 2.38. The maximum atomic E-state index is 12.4. The number of amides is 1. The van der Waals surface area contributed by atoms with Crippen LogP contribution in [0.1, 0.15) is 22.2 Å². The Hall–Kier alpha value is -3.24. The van der Waals surface area contributed by atoms with Gasteiger partial charge in [0, 0.05) is 6.08 Å². The molecule has 3 heterocycles. The molecule has 0 bridgehead atoms. The monoisotopic (exact) mass is 487 g/mol. The summed E-state index contributed by atoms with van der Waals surface area (Å²) in [6.07, 6.45) is 3.08. The number of aliphatic imine (C=N–C) groups is 1. The first-order valence-corrected chi connectivity index (χ1v) is 10.3. The minimum atomic E-state index is -0.552. The first kappa shape index (κ1) is 20.0. The van der Waals surface area contributed by atoms with Crippen molar-refractivity contribution in [3.05, 3.63) is 62.0 Å². The topological polar surface area (TPSA) is 101 Å². The Balaban J connectivity index is 1.66. The molecule has 0 unspecified atom stereocenters. The Morgan fingerprint density at radius 2 is 2.20 bits per heavy atom. The molecule has 4 rings (SSSR count). The number of carbonyl (C=O) groups is 2. The van der Waals surface area contributed by atoms with Crippen molar-refractivity contribution in [2.24, 2.45) is 4.99 Å². The molecule has 2 aliphatic rings. The highest BCUT2D eigenvalue weighted by atomic mass is 79.9. The van der Waals surface area contributed by atoms with Gasteiger partial charge in [-0.1, -0.05) is 6.07 Å². The zero-order valence-corrected chi connectivity index (χ0v) is 18.2. The quantitative estimate of drug-likeness (QED) is 0.394. The number of ether oxygens (including phenoxy) is 2. The summed E-state index contributed by atoms with van der Waals surface area (Å²) in [6, 6.07) is 6.68. The number of methoxy groups -OCH3 is 1. The molecule has 10 heteroatoms. The number of thiophene rings is 1. The second-order valence-corrected chi connectivity index (χ2v) is 8.03. The molecular formula is C20H14BrN3O5S. The Kier molecular flexibility index (Phi) is 5.27. The Bertz CT molecular complexity index is 1170. The highest BCUT2D eigenvalue weighted by Gasteiger charge is 2.34. The normalized spacial score (nSPS) is 16.8. The van der Waals surface area contributed by atoms with Crippen LogP contribution >= 0.6 is 27.3 Å². The van der Waals surface area contributed by atoms with Crippen LogP contribution < -0.4 is 9.47 Å². The van der Waals surface area contributed by atoms with E-state index in [-0.39, 0.29) is 28.7 Å². The van der Waals surface area contributed by atoms with Crippen molar-refractivity contribution in [2.75, 3.05) is 7.11 Å². The molecular weight excluding hydrogens is 474 g/mol. The largest absolute Gasteiger partial charge is 0.493 e. The number of halogens is 1. The van der Waals surface area contributed by atoms with Gasteiger partial charge in [-0.15, -0.1) is 16.4 Å². The van der Waals surface area contributed by atoms with Gasteiger partial charge in [-0.05, 0) is 58.1 Å². The van der Waals surface area contributed by atoms with Crippen LogP contribution in [0.4, 0.5) is 0 Å². The van der Waals surface area contributed by atoms with E-state index in [9.17, 15) is 9.59 Å². The molecule has 0 spiro atoms. The number of hydrogen-bond donors (Lipinski definition) is 1. The van der Waals surface area contributed by atoms with Crippen molar-refractivity contribution >= 4 is 56.9 Å². The van der Waals surface area contributed by atoms with Crippen molar-refractivity contribution in [1.29, 1.82) is 5.41 Å². The number of benzene rings is 1. The average Bonchev–Trinajstić information content (AvgIpc) is 3.36. The van der Waals surface area contributed by atoms with Crippen molar-refractivity contribution in [1.82, 2.24) is 5.06 Å². The van der Waals surface area contributed by atoms with Gasteiger partial charge in [0.05, 0.1) is 17.2 Å². The lowest BCUT2D eigenvalue weighted by Gasteiger charge is -2.23. The summed E-state index contributed by atoms with van der Waals surface area (Å²) in [7, 11) is 1.44. The molecule has 2 aromatic rings. The molecule has 0 aliphatic carbocycles. The third-order valence-electron chi connectivity index (χ3n) is 4.16. The number of allylic oxidation sites excluding steroid dienone is 1. The van der Waals surface area contributed by atoms with Crippen LogP contribution in [0.25, 0.3) is 6.08 Å². The minimum Gasteiger partial charge on any atom is -0.493 e. The Morgan fingerprint density at radius 3 is 2.90 bits per heavy atom. The molecule has 0 atom stereocenters. The molecule has 2 aliphatic heterocycles. The number of hydroxylamine groups is 2. The number of carbonyl (C=O) groups excluding carboxylic acids is 2. The van der Waals surface area contributed by atoms with Gasteiger partial charge < -0.3 is 14.3 Å². The van der Waals surface area contributed by atoms with Gasteiger partial charge in [0.15, 0.2) is 23.2 Å². The van der Waals surface area contributed by atoms with E-state index in [0.717, 1.165) is 0 Å². The Labute approximate surface area is 183 Å². The van der Waals surface area contributed by atoms with Crippen molar-refractivity contribution in [3.8, 4) is 11.5 Å². The summed E-state index contributed by atoms with van der Waals surface area (Å²) >= 11 is 4.66. The molecule has 0 fully saturated rings. The first-order chi connectivity index (χ1) is 14.4. The minimum absolute atomic E-state index is 0.0548. The molecule has 1 aromatic carbocycles. The average molecular weight is 488 g/mol. The third-order valence-corrected chi connectivity index (χ3v) is 5.60. The maximum absolute atomic E-state index is 12.4. The fourth-order valence-corrected chi connectivity index (χ4v) is 3.97. The number of nitrogens with zero attached hydrogens (tertiary/aromatic N) is 2. The van der Waals surface area contributed by atoms with Crippen LogP contribution in [0.15, 0.2) is 56.5 Å². The van der Waals surface area contributed by atoms with Gasteiger partial charge in [-0.2, -0.15) is 4.99 Å². The van der Waals surface area contributed by atoms with Crippen molar-refractivity contribution < 1.29 is 23.9 Å². The van der Waals surface area contributed by atoms with Crippen LogP contribution in [0.2, 0.25) is 0 Å². The predicted molar refractivity (Wildman–Crippen MR) is 115 cm³/mol. The summed E-state index contributed by atoms with van der Waals surface area (Å²) in [4.78, 5) is 34.6. The van der Waals surface area contributed by atoms with Gasteiger partial charge in [-0.25, -0.2) is 4.79 Å². The number of fused-ring (bicyclic) bond motifs is 1. The summed E-state index contributed by atoms with van der Waals surface area (Å²) < 4.78 is 11.3. The molecule has 0 saturated heterocycles. The van der Waals surface area contributed by atoms with Crippen LogP contribution in [0.3, 0.4) is 0 Å². The zero-order chi connectivity index (χ0) is 21.4. The molecule has 1 amide bonds. The van der Waals surface area contributed by atoms with Gasteiger partial charge in [0.25, 0.3) is 5.91 Å². The second-order valence-electron chi connectivity index (χ2n) is 6.22. The number of hydrogen-bond acceptors (Lipinski definition) is 7. The number of esters is 1. The van der Waals surface area contributed by atoms with Gasteiger partial charge in [0.2, 0.25) is 0 Å². The SMILES string of the molecule is COc1cc(/C=C2\C(=N)N3OC(C)=CC3=NC2=O)cc(Br)c1OC(=O)c1cccs1. The van der Waals surface area contributed by atoms with Crippen LogP contribution in [0, 0.1) is 5.41 Å². The lowest BCUT2D eigenvalue weighted by molar-refractivity contribution is -0.114. The molecule has 1 N–H and O–H groups in total. The van der Waals surface area contributed by atoms with Gasteiger partial charge in [0.1, 0.15) is 10.6 Å². The summed E-state index contributed by atoms with van der Waals surface area (Å²) in [5.74, 6) is 0.130. The first-order valence-electron chi connectivity index (χ1n) is 8.60. The molecule has 152 valence electrons.